The van der Waals surface area contributed by atoms with E-state index in [9.17, 15) is 13.5 Å². The van der Waals surface area contributed by atoms with Gasteiger partial charge in [-0.1, -0.05) is 24.3 Å². The maximum atomic E-state index is 12.0. The van der Waals surface area contributed by atoms with Crippen molar-refractivity contribution in [1.82, 2.24) is 0 Å². The molecule has 1 heterocycles. The summed E-state index contributed by atoms with van der Waals surface area (Å²) >= 11 is 1.43. The lowest BCUT2D eigenvalue weighted by atomic mass is 10.2. The highest BCUT2D eigenvalue weighted by Gasteiger charge is 2.17. The van der Waals surface area contributed by atoms with Gasteiger partial charge in [-0.25, -0.2) is 8.42 Å². The van der Waals surface area contributed by atoms with Gasteiger partial charge in [-0.05, 0) is 30.0 Å². The molecule has 1 aromatic heterocycles. The van der Waals surface area contributed by atoms with Crippen LogP contribution in [0.2, 0.25) is 0 Å². The lowest BCUT2D eigenvalue weighted by molar-refractivity contribution is 0.178. The van der Waals surface area contributed by atoms with Crippen molar-refractivity contribution in [2.45, 2.75) is 17.4 Å². The zero-order chi connectivity index (χ0) is 13.0. The SMILES string of the molecule is O=S(=O)(CCC(O)c1cccs1)c1ccccc1. The molecule has 18 heavy (non-hydrogen) atoms. The van der Waals surface area contributed by atoms with Crippen molar-refractivity contribution in [3.63, 3.8) is 0 Å². The number of sulfone groups is 1. The minimum absolute atomic E-state index is 0.0456. The fourth-order valence-electron chi connectivity index (χ4n) is 1.64. The van der Waals surface area contributed by atoms with Crippen LogP contribution in [0.1, 0.15) is 17.4 Å². The van der Waals surface area contributed by atoms with Gasteiger partial charge in [0.15, 0.2) is 9.84 Å². The number of aliphatic hydroxyl groups excluding tert-OH is 1. The van der Waals surface area contributed by atoms with Gasteiger partial charge in [-0.3, -0.25) is 0 Å². The zero-order valence-electron chi connectivity index (χ0n) is 9.69. The Morgan fingerprint density at radius 3 is 2.44 bits per heavy atom. The molecule has 3 nitrogen and oxygen atoms in total. The van der Waals surface area contributed by atoms with Gasteiger partial charge in [0.1, 0.15) is 0 Å². The van der Waals surface area contributed by atoms with Crippen molar-refractivity contribution in [1.29, 1.82) is 0 Å². The molecule has 0 radical (unpaired) electrons. The fourth-order valence-corrected chi connectivity index (χ4v) is 3.72. The van der Waals surface area contributed by atoms with Gasteiger partial charge < -0.3 is 5.11 Å². The average Bonchev–Trinajstić information content (AvgIpc) is 2.91. The van der Waals surface area contributed by atoms with Crippen LogP contribution in [0.5, 0.6) is 0 Å². The van der Waals surface area contributed by atoms with Crippen molar-refractivity contribution in [2.24, 2.45) is 0 Å². The summed E-state index contributed by atoms with van der Waals surface area (Å²) < 4.78 is 24.0. The van der Waals surface area contributed by atoms with Gasteiger partial charge >= 0.3 is 0 Å². The van der Waals surface area contributed by atoms with E-state index in [4.69, 9.17) is 0 Å². The van der Waals surface area contributed by atoms with Gasteiger partial charge in [0.2, 0.25) is 0 Å². The number of hydrogen-bond acceptors (Lipinski definition) is 4. The van der Waals surface area contributed by atoms with E-state index in [0.717, 1.165) is 4.88 Å². The molecule has 0 saturated carbocycles. The zero-order valence-corrected chi connectivity index (χ0v) is 11.3. The van der Waals surface area contributed by atoms with E-state index in [2.05, 4.69) is 0 Å². The standard InChI is InChI=1S/C13H14O3S2/c14-12(13-7-4-9-17-13)8-10-18(15,16)11-5-2-1-3-6-11/h1-7,9,12,14H,8,10H2. The van der Waals surface area contributed by atoms with E-state index in [1.165, 1.54) is 11.3 Å². The Hall–Kier alpha value is -1.17. The second kappa shape index (κ2) is 5.65. The molecule has 0 spiro atoms. The van der Waals surface area contributed by atoms with E-state index in [1.807, 2.05) is 17.5 Å². The summed E-state index contributed by atoms with van der Waals surface area (Å²) in [5.74, 6) is -0.0456. The molecule has 0 aliphatic heterocycles. The van der Waals surface area contributed by atoms with Gasteiger partial charge in [0, 0.05) is 4.88 Å². The summed E-state index contributed by atoms with van der Waals surface area (Å²) in [5, 5.41) is 11.7. The molecule has 0 amide bonds. The molecule has 0 aliphatic carbocycles. The quantitative estimate of drug-likeness (QED) is 0.917. The van der Waals surface area contributed by atoms with E-state index in [1.54, 1.807) is 30.3 Å². The highest BCUT2D eigenvalue weighted by Crippen LogP contribution is 2.23. The summed E-state index contributed by atoms with van der Waals surface area (Å²) in [6, 6.07) is 12.0. The number of aliphatic hydroxyl groups is 1. The van der Waals surface area contributed by atoms with Crippen molar-refractivity contribution >= 4 is 21.2 Å². The Kier molecular flexibility index (Phi) is 4.16. The van der Waals surface area contributed by atoms with Crippen molar-refractivity contribution in [3.8, 4) is 0 Å². The van der Waals surface area contributed by atoms with Crippen LogP contribution in [-0.4, -0.2) is 19.3 Å². The van der Waals surface area contributed by atoms with Crippen molar-refractivity contribution in [2.75, 3.05) is 5.75 Å². The molecule has 2 aromatic rings. The molecule has 5 heteroatoms. The summed E-state index contributed by atoms with van der Waals surface area (Å²) in [6.07, 6.45) is -0.485. The Morgan fingerprint density at radius 2 is 1.83 bits per heavy atom. The van der Waals surface area contributed by atoms with Crippen LogP contribution < -0.4 is 0 Å². The van der Waals surface area contributed by atoms with Gasteiger partial charge in [0.25, 0.3) is 0 Å². The largest absolute Gasteiger partial charge is 0.388 e. The highest BCUT2D eigenvalue weighted by atomic mass is 32.2. The molecule has 1 aromatic carbocycles. The normalized spacial score (nSPS) is 13.4. The van der Waals surface area contributed by atoms with Crippen LogP contribution in [0.3, 0.4) is 0 Å². The molecule has 0 saturated heterocycles. The number of rotatable bonds is 5. The number of hydrogen-bond donors (Lipinski definition) is 1. The highest BCUT2D eigenvalue weighted by molar-refractivity contribution is 7.91. The van der Waals surface area contributed by atoms with Crippen LogP contribution in [0, 0.1) is 0 Å². The van der Waals surface area contributed by atoms with Gasteiger partial charge in [0.05, 0.1) is 16.8 Å². The third kappa shape index (κ3) is 3.19. The van der Waals surface area contributed by atoms with Crippen LogP contribution in [-0.2, 0) is 9.84 Å². The van der Waals surface area contributed by atoms with Crippen LogP contribution in [0.4, 0.5) is 0 Å². The lowest BCUT2D eigenvalue weighted by Crippen LogP contribution is -2.10. The second-order valence-electron chi connectivity index (χ2n) is 3.95. The van der Waals surface area contributed by atoms with E-state index < -0.39 is 15.9 Å². The molecular formula is C13H14O3S2. The van der Waals surface area contributed by atoms with Crippen molar-refractivity contribution < 1.29 is 13.5 Å². The molecule has 96 valence electrons. The molecular weight excluding hydrogens is 268 g/mol. The van der Waals surface area contributed by atoms with Gasteiger partial charge in [-0.15, -0.1) is 11.3 Å². The van der Waals surface area contributed by atoms with E-state index in [-0.39, 0.29) is 12.2 Å². The number of thiophene rings is 1. The average molecular weight is 282 g/mol. The summed E-state index contributed by atoms with van der Waals surface area (Å²) in [7, 11) is -3.30. The lowest BCUT2D eigenvalue weighted by Gasteiger charge is -2.09. The van der Waals surface area contributed by atoms with Crippen molar-refractivity contribution in [3.05, 3.63) is 52.7 Å². The first kappa shape index (κ1) is 13.3. The predicted molar refractivity (Wildman–Crippen MR) is 72.4 cm³/mol. The summed E-state index contributed by atoms with van der Waals surface area (Å²) in [5.41, 5.74) is 0. The third-order valence-corrected chi connectivity index (χ3v) is 5.37. The monoisotopic (exact) mass is 282 g/mol. The number of benzene rings is 1. The topological polar surface area (TPSA) is 54.4 Å². The molecule has 1 N–H and O–H groups in total. The molecule has 1 atom stereocenters. The summed E-state index contributed by atoms with van der Waals surface area (Å²) in [4.78, 5) is 1.11. The molecule has 2 rings (SSSR count). The minimum atomic E-state index is -3.30. The Morgan fingerprint density at radius 1 is 1.11 bits per heavy atom. The van der Waals surface area contributed by atoms with Gasteiger partial charge in [-0.2, -0.15) is 0 Å². The molecule has 0 aliphatic rings. The Bertz CT molecular complexity index is 574. The molecule has 1 unspecified atom stereocenters. The molecule has 0 fully saturated rings. The van der Waals surface area contributed by atoms with Crippen LogP contribution in [0.15, 0.2) is 52.7 Å². The maximum Gasteiger partial charge on any atom is 0.178 e. The maximum absolute atomic E-state index is 12.0. The predicted octanol–water partition coefficient (Wildman–Crippen LogP) is 2.65. The van der Waals surface area contributed by atoms with E-state index in [0.29, 0.717) is 4.90 Å². The first-order chi connectivity index (χ1) is 8.59. The smallest absolute Gasteiger partial charge is 0.178 e. The third-order valence-electron chi connectivity index (χ3n) is 2.63. The molecule has 0 bridgehead atoms. The first-order valence-electron chi connectivity index (χ1n) is 5.59. The van der Waals surface area contributed by atoms with E-state index >= 15 is 0 Å². The Labute approximate surface area is 111 Å². The minimum Gasteiger partial charge on any atom is -0.388 e. The van der Waals surface area contributed by atoms with Crippen LogP contribution >= 0.6 is 11.3 Å². The summed E-state index contributed by atoms with van der Waals surface area (Å²) in [6.45, 7) is 0. The second-order valence-corrected chi connectivity index (χ2v) is 7.04. The Balaban J connectivity index is 2.02. The first-order valence-corrected chi connectivity index (χ1v) is 8.12. The fraction of sp³-hybridized carbons (Fsp3) is 0.231. The van der Waals surface area contributed by atoms with Crippen LogP contribution in [0.25, 0.3) is 0 Å².